The van der Waals surface area contributed by atoms with Crippen molar-refractivity contribution in [3.63, 3.8) is 0 Å². The summed E-state index contributed by atoms with van der Waals surface area (Å²) in [5, 5.41) is 24.3. The Morgan fingerprint density at radius 2 is 2.26 bits per heavy atom. The molecule has 9 nitrogen and oxygen atoms in total. The summed E-state index contributed by atoms with van der Waals surface area (Å²) in [5.41, 5.74) is 0.586. The van der Waals surface area contributed by atoms with Gasteiger partial charge in [-0.05, 0) is 12.1 Å². The van der Waals surface area contributed by atoms with Gasteiger partial charge in [-0.1, -0.05) is 11.6 Å². The van der Waals surface area contributed by atoms with Crippen molar-refractivity contribution in [3.05, 3.63) is 40.8 Å². The van der Waals surface area contributed by atoms with Crippen LogP contribution < -0.4 is 10.1 Å². The Hall–Kier alpha value is -2.94. The quantitative estimate of drug-likeness (QED) is 0.721. The summed E-state index contributed by atoms with van der Waals surface area (Å²) in [6, 6.07) is 4.74. The van der Waals surface area contributed by atoms with Crippen LogP contribution in [0.4, 0.5) is 5.82 Å². The topological polar surface area (TPSA) is 115 Å². The van der Waals surface area contributed by atoms with Crippen LogP contribution in [0, 0.1) is 0 Å². The Morgan fingerprint density at radius 3 is 2.96 bits per heavy atom. The van der Waals surface area contributed by atoms with Crippen molar-refractivity contribution in [3.8, 4) is 5.88 Å². The van der Waals surface area contributed by atoms with E-state index < -0.39 is 5.97 Å². The molecule has 0 spiro atoms. The van der Waals surface area contributed by atoms with Gasteiger partial charge in [0, 0.05) is 12.3 Å². The Morgan fingerprint density at radius 1 is 1.43 bits per heavy atom. The maximum Gasteiger partial charge on any atom is 0.337 e. The molecule has 3 aromatic heterocycles. The number of aromatic carboxylic acids is 1. The van der Waals surface area contributed by atoms with Gasteiger partial charge < -0.3 is 15.2 Å². The van der Waals surface area contributed by atoms with Gasteiger partial charge in [-0.3, -0.25) is 0 Å². The highest BCUT2D eigenvalue weighted by molar-refractivity contribution is 6.33. The first kappa shape index (κ1) is 15.0. The highest BCUT2D eigenvalue weighted by Gasteiger charge is 2.11. The van der Waals surface area contributed by atoms with E-state index in [1.54, 1.807) is 12.1 Å². The lowest BCUT2D eigenvalue weighted by Crippen LogP contribution is -2.08. The number of anilines is 1. The minimum Gasteiger partial charge on any atom is -0.480 e. The van der Waals surface area contributed by atoms with Gasteiger partial charge in [0.15, 0.2) is 11.5 Å². The number of carboxylic acids is 1. The highest BCUT2D eigenvalue weighted by atomic mass is 35.5. The van der Waals surface area contributed by atoms with Gasteiger partial charge in [-0.25, -0.2) is 9.78 Å². The fraction of sp³-hybridized carbons (Fsp3) is 0.154. The maximum absolute atomic E-state index is 10.9. The Labute approximate surface area is 134 Å². The minimum absolute atomic E-state index is 0.0138. The zero-order chi connectivity index (χ0) is 16.4. The number of fused-ring (bicyclic) bond motifs is 1. The normalized spacial score (nSPS) is 10.7. The first-order valence-electron chi connectivity index (χ1n) is 6.46. The molecule has 0 aliphatic carbocycles. The second-order valence-corrected chi connectivity index (χ2v) is 4.88. The van der Waals surface area contributed by atoms with Gasteiger partial charge in [0.25, 0.3) is 0 Å². The summed E-state index contributed by atoms with van der Waals surface area (Å²) in [6.45, 7) is 0.250. The van der Waals surface area contributed by atoms with Crippen LogP contribution in [0.3, 0.4) is 0 Å². The van der Waals surface area contributed by atoms with Crippen LogP contribution in [-0.4, -0.2) is 43.0 Å². The molecule has 0 radical (unpaired) electrons. The van der Waals surface area contributed by atoms with Crippen molar-refractivity contribution in [2.24, 2.45) is 0 Å². The molecule has 0 saturated heterocycles. The number of nitrogens with zero attached hydrogens (tertiary/aromatic N) is 5. The van der Waals surface area contributed by atoms with E-state index in [0.29, 0.717) is 23.2 Å². The van der Waals surface area contributed by atoms with Gasteiger partial charge in [-0.15, -0.1) is 15.3 Å². The van der Waals surface area contributed by atoms with Crippen LogP contribution in [0.5, 0.6) is 5.88 Å². The van der Waals surface area contributed by atoms with Crippen LogP contribution in [0.2, 0.25) is 5.02 Å². The number of pyridine rings is 1. The molecule has 0 fully saturated rings. The van der Waals surface area contributed by atoms with E-state index in [4.69, 9.17) is 21.4 Å². The van der Waals surface area contributed by atoms with E-state index >= 15 is 0 Å². The van der Waals surface area contributed by atoms with Crippen molar-refractivity contribution in [2.45, 2.75) is 6.54 Å². The van der Waals surface area contributed by atoms with Gasteiger partial charge >= 0.3 is 5.97 Å². The molecule has 0 saturated carbocycles. The average Bonchev–Trinajstić information content (AvgIpc) is 2.95. The van der Waals surface area contributed by atoms with Crippen molar-refractivity contribution < 1.29 is 14.6 Å². The smallest absolute Gasteiger partial charge is 0.337 e. The summed E-state index contributed by atoms with van der Waals surface area (Å²) < 4.78 is 6.60. The number of hydrogen-bond donors (Lipinski definition) is 2. The molecule has 23 heavy (non-hydrogen) atoms. The van der Waals surface area contributed by atoms with Crippen molar-refractivity contribution in [1.29, 1.82) is 0 Å². The maximum atomic E-state index is 10.9. The van der Waals surface area contributed by atoms with E-state index in [9.17, 15) is 4.79 Å². The highest BCUT2D eigenvalue weighted by Crippen LogP contribution is 2.20. The predicted molar refractivity (Wildman–Crippen MR) is 80.9 cm³/mol. The fourth-order valence-corrected chi connectivity index (χ4v) is 2.12. The van der Waals surface area contributed by atoms with Crippen molar-refractivity contribution in [2.75, 3.05) is 12.4 Å². The average molecular weight is 335 g/mol. The lowest BCUT2D eigenvalue weighted by molar-refractivity contribution is 0.0696. The van der Waals surface area contributed by atoms with Crippen LogP contribution in [-0.2, 0) is 6.54 Å². The number of ether oxygens (including phenoxy) is 1. The molecule has 0 aromatic carbocycles. The Balaban J connectivity index is 1.82. The molecular weight excluding hydrogens is 324 g/mol. The SMILES string of the molecule is COc1ccc2nnc(CNc3ncc(C(=O)O)cc3Cl)n2n1. The van der Waals surface area contributed by atoms with E-state index in [0.717, 1.165) is 0 Å². The molecule has 118 valence electrons. The lowest BCUT2D eigenvalue weighted by Gasteiger charge is -2.07. The van der Waals surface area contributed by atoms with E-state index in [1.165, 1.54) is 23.9 Å². The van der Waals surface area contributed by atoms with Crippen LogP contribution in [0.15, 0.2) is 24.4 Å². The summed E-state index contributed by atoms with van der Waals surface area (Å²) in [7, 11) is 1.52. The molecule has 0 atom stereocenters. The molecule has 3 heterocycles. The third-order valence-electron chi connectivity index (χ3n) is 3.01. The first-order chi connectivity index (χ1) is 11.1. The Kier molecular flexibility index (Phi) is 3.94. The van der Waals surface area contributed by atoms with Crippen molar-refractivity contribution in [1.82, 2.24) is 24.8 Å². The van der Waals surface area contributed by atoms with Gasteiger partial charge in [0.1, 0.15) is 5.82 Å². The van der Waals surface area contributed by atoms with E-state index in [2.05, 4.69) is 25.6 Å². The number of aromatic nitrogens is 5. The standard InChI is InChI=1S/C13H11ClN6O3/c1-23-11-3-2-9-17-18-10(20(9)19-11)6-16-12-8(14)4-7(5-15-12)13(21)22/h2-5H,6H2,1H3,(H,15,16)(H,21,22). The fourth-order valence-electron chi connectivity index (χ4n) is 1.88. The molecule has 0 aliphatic heterocycles. The number of carboxylic acid groups (broad SMARTS) is 1. The Bertz CT molecular complexity index is 881. The second kappa shape index (κ2) is 6.05. The molecule has 10 heteroatoms. The third kappa shape index (κ3) is 2.99. The van der Waals surface area contributed by atoms with E-state index in [-0.39, 0.29) is 17.1 Å². The van der Waals surface area contributed by atoms with Crippen molar-refractivity contribution >= 4 is 29.0 Å². The number of halogens is 1. The zero-order valence-electron chi connectivity index (χ0n) is 11.9. The van der Waals surface area contributed by atoms with Gasteiger partial charge in [0.05, 0.1) is 24.2 Å². The molecule has 0 aliphatic rings. The molecular formula is C13H11ClN6O3. The number of hydrogen-bond acceptors (Lipinski definition) is 7. The monoisotopic (exact) mass is 334 g/mol. The zero-order valence-corrected chi connectivity index (χ0v) is 12.7. The summed E-state index contributed by atoms with van der Waals surface area (Å²) >= 11 is 6.01. The predicted octanol–water partition coefficient (Wildman–Crippen LogP) is 1.49. The molecule has 2 N–H and O–H groups in total. The molecule has 3 rings (SSSR count). The van der Waals surface area contributed by atoms with Crippen LogP contribution in [0.1, 0.15) is 16.2 Å². The number of carbonyl (C=O) groups is 1. The van der Waals surface area contributed by atoms with Gasteiger partial charge in [-0.2, -0.15) is 4.52 Å². The number of methoxy groups -OCH3 is 1. The number of rotatable bonds is 5. The summed E-state index contributed by atoms with van der Waals surface area (Å²) in [6.07, 6.45) is 1.22. The molecule has 0 bridgehead atoms. The largest absolute Gasteiger partial charge is 0.480 e. The minimum atomic E-state index is -1.09. The number of nitrogens with one attached hydrogen (secondary N) is 1. The third-order valence-corrected chi connectivity index (χ3v) is 3.30. The summed E-state index contributed by atoms with van der Waals surface area (Å²) in [5.74, 6) is 0.210. The molecule has 0 unspecified atom stereocenters. The molecule has 3 aromatic rings. The lowest BCUT2D eigenvalue weighted by atomic mass is 10.3. The second-order valence-electron chi connectivity index (χ2n) is 4.48. The first-order valence-corrected chi connectivity index (χ1v) is 6.84. The summed E-state index contributed by atoms with van der Waals surface area (Å²) in [4.78, 5) is 14.8. The van der Waals surface area contributed by atoms with Crippen LogP contribution in [0.25, 0.3) is 5.65 Å². The van der Waals surface area contributed by atoms with Crippen LogP contribution >= 0.6 is 11.6 Å². The van der Waals surface area contributed by atoms with E-state index in [1.807, 2.05) is 0 Å². The van der Waals surface area contributed by atoms with Gasteiger partial charge in [0.2, 0.25) is 5.88 Å². The molecule has 0 amide bonds.